The zero-order valence-electron chi connectivity index (χ0n) is 26.7. The van der Waals surface area contributed by atoms with Crippen molar-refractivity contribution in [2.75, 3.05) is 13.1 Å². The van der Waals surface area contributed by atoms with Crippen LogP contribution >= 0.6 is 0 Å². The van der Waals surface area contributed by atoms with Crippen LogP contribution in [0.1, 0.15) is 66.8 Å². The monoisotopic (exact) mass is 652 g/mol. The third-order valence-corrected chi connectivity index (χ3v) is 10.6. The summed E-state index contributed by atoms with van der Waals surface area (Å²) in [7, 11) is -3.60. The zero-order valence-corrected chi connectivity index (χ0v) is 27.5. The quantitative estimate of drug-likeness (QED) is 0.147. The van der Waals surface area contributed by atoms with Gasteiger partial charge in [0.05, 0.1) is 23.7 Å². The molecule has 4 aromatic rings. The van der Waals surface area contributed by atoms with E-state index in [9.17, 15) is 13.5 Å². The Morgan fingerprint density at radius 3 is 2.26 bits per heavy atom. The molecule has 0 aromatic heterocycles. The maximum Gasteiger partial charge on any atom is 0.240 e. The highest BCUT2D eigenvalue weighted by Crippen LogP contribution is 2.39. The Balaban J connectivity index is 1.18. The van der Waals surface area contributed by atoms with Crippen LogP contribution < -0.4 is 4.72 Å². The summed E-state index contributed by atoms with van der Waals surface area (Å²) in [5.74, 6) is 0. The second-order valence-electron chi connectivity index (χ2n) is 12.5. The Labute approximate surface area is 278 Å². The molecule has 1 aliphatic heterocycles. The van der Waals surface area contributed by atoms with Gasteiger partial charge >= 0.3 is 0 Å². The van der Waals surface area contributed by atoms with Gasteiger partial charge < -0.3 is 14.6 Å². The van der Waals surface area contributed by atoms with Gasteiger partial charge in [-0.2, -0.15) is 0 Å². The van der Waals surface area contributed by atoms with Crippen molar-refractivity contribution in [1.29, 1.82) is 0 Å². The van der Waals surface area contributed by atoms with Crippen molar-refractivity contribution in [3.63, 3.8) is 0 Å². The number of aliphatic hydroxyl groups excluding tert-OH is 1. The Hall–Kier alpha value is -3.63. The van der Waals surface area contributed by atoms with Crippen LogP contribution in [0.4, 0.5) is 0 Å². The highest BCUT2D eigenvalue weighted by molar-refractivity contribution is 7.89. The van der Waals surface area contributed by atoms with Crippen LogP contribution in [-0.2, 0) is 32.6 Å². The Morgan fingerprint density at radius 2 is 1.55 bits per heavy atom. The van der Waals surface area contributed by atoms with E-state index in [4.69, 9.17) is 9.47 Å². The van der Waals surface area contributed by atoms with Gasteiger partial charge in [-0.1, -0.05) is 104 Å². The summed E-state index contributed by atoms with van der Waals surface area (Å²) >= 11 is 0. The molecular formula is C39H44N2O5S. The molecule has 47 heavy (non-hydrogen) atoms. The molecule has 0 amide bonds. The second-order valence-corrected chi connectivity index (χ2v) is 14.3. The number of sulfonamides is 1. The fourth-order valence-corrected chi connectivity index (χ4v) is 7.70. The topological polar surface area (TPSA) is 88.1 Å². The molecular weight excluding hydrogens is 609 g/mol. The van der Waals surface area contributed by atoms with Crippen molar-refractivity contribution in [2.24, 2.45) is 0 Å². The van der Waals surface area contributed by atoms with E-state index in [0.29, 0.717) is 6.04 Å². The minimum absolute atomic E-state index is 0.0105. The maximum absolute atomic E-state index is 12.7. The molecule has 6 rings (SSSR count). The molecule has 7 nitrogen and oxygen atoms in total. The molecule has 1 saturated heterocycles. The average Bonchev–Trinajstić information content (AvgIpc) is 3.67. The summed E-state index contributed by atoms with van der Waals surface area (Å²) < 4.78 is 41.4. The van der Waals surface area contributed by atoms with Gasteiger partial charge in [-0.15, -0.1) is 6.58 Å². The molecule has 1 saturated carbocycles. The minimum atomic E-state index is -3.60. The molecule has 0 radical (unpaired) electrons. The summed E-state index contributed by atoms with van der Waals surface area (Å²) in [6.45, 7) is 5.89. The van der Waals surface area contributed by atoms with Gasteiger partial charge in [0.1, 0.15) is 0 Å². The first kappa shape index (κ1) is 33.3. The minimum Gasteiger partial charge on any atom is -0.392 e. The molecule has 2 N–H and O–H groups in total. The standard InChI is InChI=1S/C39H44N2O5S/c1-2-23-41(35-11-6-7-12-35)27-36-25-38(32-17-15-29(28-42)16-18-32)46-39(45-36)33-21-19-31(20-22-33)34-10-8-9-30(24-34)26-40-47(43,44)37-13-4-3-5-14-37/h2-5,8-10,13-22,24,35-36,38-40,42H,1,6-7,11-12,23,25-28H2/t36-,38+,39+/m0/s1. The number of benzene rings is 4. The number of rotatable bonds is 13. The first-order valence-electron chi connectivity index (χ1n) is 16.5. The van der Waals surface area contributed by atoms with Crippen molar-refractivity contribution < 1.29 is 23.0 Å². The Bertz CT molecular complexity index is 1700. The Morgan fingerprint density at radius 1 is 0.830 bits per heavy atom. The molecule has 8 heteroatoms. The molecule has 2 aliphatic rings. The molecule has 1 aliphatic carbocycles. The van der Waals surface area contributed by atoms with Crippen molar-refractivity contribution in [1.82, 2.24) is 9.62 Å². The third kappa shape index (κ3) is 8.46. The van der Waals surface area contributed by atoms with Crippen molar-refractivity contribution >= 4 is 10.0 Å². The van der Waals surface area contributed by atoms with E-state index in [1.165, 1.54) is 25.7 Å². The maximum atomic E-state index is 12.7. The molecule has 0 unspecified atom stereocenters. The largest absolute Gasteiger partial charge is 0.392 e. The van der Waals surface area contributed by atoms with E-state index < -0.39 is 16.3 Å². The van der Waals surface area contributed by atoms with Gasteiger partial charge in [-0.3, -0.25) is 4.90 Å². The molecule has 0 spiro atoms. The van der Waals surface area contributed by atoms with Crippen molar-refractivity contribution in [3.8, 4) is 11.1 Å². The number of hydrogen-bond donors (Lipinski definition) is 2. The number of ether oxygens (including phenoxy) is 2. The highest BCUT2D eigenvalue weighted by atomic mass is 32.2. The number of hydrogen-bond acceptors (Lipinski definition) is 6. The highest BCUT2D eigenvalue weighted by Gasteiger charge is 2.34. The molecule has 4 aromatic carbocycles. The smallest absolute Gasteiger partial charge is 0.240 e. The molecule has 0 bridgehead atoms. The SMILES string of the molecule is C=CCN(C[C@@H]1C[C@H](c2ccc(CO)cc2)O[C@H](c2ccc(-c3cccc(CNS(=O)(=O)c4ccccc4)c3)cc2)O1)C1CCCC1. The molecule has 246 valence electrons. The van der Waals surface area contributed by atoms with E-state index >= 15 is 0 Å². The van der Waals surface area contributed by atoms with Crippen LogP contribution in [0.2, 0.25) is 0 Å². The summed E-state index contributed by atoms with van der Waals surface area (Å²) in [6.07, 6.45) is 7.02. The summed E-state index contributed by atoms with van der Waals surface area (Å²) in [5, 5.41) is 9.55. The molecule has 1 heterocycles. The van der Waals surface area contributed by atoms with Crippen LogP contribution in [0.3, 0.4) is 0 Å². The fourth-order valence-electron chi connectivity index (χ4n) is 6.66. The van der Waals surface area contributed by atoms with Crippen LogP contribution in [0.25, 0.3) is 11.1 Å². The lowest BCUT2D eigenvalue weighted by molar-refractivity contribution is -0.253. The van der Waals surface area contributed by atoms with Gasteiger partial charge in [0, 0.05) is 37.7 Å². The van der Waals surface area contributed by atoms with Crippen molar-refractivity contribution in [2.45, 2.75) is 74.7 Å². The van der Waals surface area contributed by atoms with Crippen molar-refractivity contribution in [3.05, 3.63) is 138 Å². The van der Waals surface area contributed by atoms with Gasteiger partial charge in [-0.05, 0) is 58.9 Å². The predicted octanol–water partition coefficient (Wildman–Crippen LogP) is 7.30. The first-order chi connectivity index (χ1) is 22.9. The zero-order chi connectivity index (χ0) is 32.6. The average molecular weight is 653 g/mol. The van der Waals surface area contributed by atoms with Gasteiger partial charge in [0.15, 0.2) is 6.29 Å². The second kappa shape index (κ2) is 15.5. The van der Waals surface area contributed by atoms with E-state index in [0.717, 1.165) is 52.9 Å². The van der Waals surface area contributed by atoms with Crippen LogP contribution in [0.5, 0.6) is 0 Å². The van der Waals surface area contributed by atoms with E-state index in [1.807, 2.05) is 54.6 Å². The van der Waals surface area contributed by atoms with E-state index in [2.05, 4.69) is 40.5 Å². The molecule has 3 atom stereocenters. The normalized spacial score (nSPS) is 20.4. The summed E-state index contributed by atoms with van der Waals surface area (Å²) in [5.41, 5.74) is 5.78. The van der Waals surface area contributed by atoms with Gasteiger partial charge in [0.25, 0.3) is 0 Å². The van der Waals surface area contributed by atoms with Crippen LogP contribution in [-0.4, -0.2) is 43.7 Å². The number of aliphatic hydroxyl groups is 1. The van der Waals surface area contributed by atoms with Gasteiger partial charge in [-0.25, -0.2) is 13.1 Å². The van der Waals surface area contributed by atoms with Gasteiger partial charge in [0.2, 0.25) is 10.0 Å². The predicted molar refractivity (Wildman–Crippen MR) is 185 cm³/mol. The summed E-state index contributed by atoms with van der Waals surface area (Å²) in [6, 6.07) is 33.1. The number of nitrogens with zero attached hydrogens (tertiary/aromatic N) is 1. The lowest BCUT2D eigenvalue weighted by atomic mass is 9.98. The number of nitrogens with one attached hydrogen (secondary N) is 1. The summed E-state index contributed by atoms with van der Waals surface area (Å²) in [4.78, 5) is 2.77. The Kier molecular flexibility index (Phi) is 11.0. The van der Waals surface area contributed by atoms with Crippen LogP contribution in [0.15, 0.2) is 121 Å². The first-order valence-corrected chi connectivity index (χ1v) is 18.0. The lowest BCUT2D eigenvalue weighted by Gasteiger charge is -2.39. The van der Waals surface area contributed by atoms with E-state index in [1.54, 1.807) is 30.3 Å². The van der Waals surface area contributed by atoms with E-state index in [-0.39, 0.29) is 30.3 Å². The fraction of sp³-hybridized carbons (Fsp3) is 0.333. The molecule has 2 fully saturated rings. The lowest BCUT2D eigenvalue weighted by Crippen LogP contribution is -2.43. The van der Waals surface area contributed by atoms with Crippen LogP contribution in [0, 0.1) is 0 Å². The third-order valence-electron chi connectivity index (χ3n) is 9.22.